The summed E-state index contributed by atoms with van der Waals surface area (Å²) in [4.78, 5) is 44.2. The Bertz CT molecular complexity index is 1100. The summed E-state index contributed by atoms with van der Waals surface area (Å²) in [6.07, 6.45) is 3.43. The predicted molar refractivity (Wildman–Crippen MR) is 151 cm³/mol. The number of nitrogens with two attached hydrogens (primary N) is 2. The van der Waals surface area contributed by atoms with E-state index >= 15 is 0 Å². The number of amides is 2. The van der Waals surface area contributed by atoms with Gasteiger partial charge in [-0.3, -0.25) is 19.4 Å². The molecule has 39 heavy (non-hydrogen) atoms. The van der Waals surface area contributed by atoms with Crippen LogP contribution < -0.4 is 16.2 Å². The van der Waals surface area contributed by atoms with E-state index in [-0.39, 0.29) is 73.7 Å². The third-order valence-corrected chi connectivity index (χ3v) is 8.76. The predicted octanol–water partition coefficient (Wildman–Crippen LogP) is 1.15. The van der Waals surface area contributed by atoms with Crippen molar-refractivity contribution in [1.82, 2.24) is 14.5 Å². The number of carbonyl (C=O) groups is 3. The molecule has 0 saturated carbocycles. The molecular formula is C25H41ClN6O6S. The maximum absolute atomic E-state index is 12.8. The third-order valence-electron chi connectivity index (χ3n) is 7.27. The number of nitrogens with one attached hydrogen (secondary N) is 1. The molecule has 12 nitrogen and oxygen atoms in total. The standard InChI is InChI=1S/C24H36N6O6S.CH4.ClH/c25-23(26)27-13-8-21(32)30-16-11-24(12-17-30)9-14-29(15-10-24)20(31)7-6-19(22(33)34)28-37(35,36)18-4-2-1-3-5-18;;/h1-5,19,28H,6-17H2,(H,33,34)(H4,25,26,27);1H4;1H/t19-;;/m0../s1. The minimum absolute atomic E-state index is 0. The topological polar surface area (TPSA) is 188 Å². The molecule has 3 rings (SSSR count). The maximum Gasteiger partial charge on any atom is 0.321 e. The molecule has 2 saturated heterocycles. The first-order chi connectivity index (χ1) is 17.5. The Hall–Kier alpha value is -2.90. The summed E-state index contributed by atoms with van der Waals surface area (Å²) < 4.78 is 27.2. The van der Waals surface area contributed by atoms with Gasteiger partial charge in [-0.25, -0.2) is 8.42 Å². The first kappa shape index (κ1) is 34.1. The van der Waals surface area contributed by atoms with Crippen molar-refractivity contribution in [3.05, 3.63) is 30.3 Å². The zero-order valence-corrected chi connectivity index (χ0v) is 22.9. The molecule has 2 aliphatic rings. The number of aliphatic carboxylic acids is 1. The van der Waals surface area contributed by atoms with Gasteiger partial charge in [-0.15, -0.1) is 12.4 Å². The molecule has 220 valence electrons. The first-order valence-electron chi connectivity index (χ1n) is 12.4. The van der Waals surface area contributed by atoms with E-state index in [0.717, 1.165) is 25.7 Å². The van der Waals surface area contributed by atoms with Gasteiger partial charge >= 0.3 is 5.97 Å². The Kier molecular flexibility index (Phi) is 13.2. The molecule has 0 aliphatic carbocycles. The quantitative estimate of drug-likeness (QED) is 0.231. The van der Waals surface area contributed by atoms with E-state index in [9.17, 15) is 27.9 Å². The second-order valence-corrected chi connectivity index (χ2v) is 11.4. The summed E-state index contributed by atoms with van der Waals surface area (Å²) in [6, 6.07) is 6.11. The van der Waals surface area contributed by atoms with Gasteiger partial charge in [0.05, 0.1) is 11.4 Å². The van der Waals surface area contributed by atoms with Crippen molar-refractivity contribution >= 4 is 46.2 Å². The van der Waals surface area contributed by atoms with Crippen molar-refractivity contribution in [2.45, 2.75) is 63.3 Å². The van der Waals surface area contributed by atoms with Crippen LogP contribution in [0.5, 0.6) is 0 Å². The number of benzene rings is 1. The fourth-order valence-corrected chi connectivity index (χ4v) is 6.16. The highest BCUT2D eigenvalue weighted by molar-refractivity contribution is 7.89. The van der Waals surface area contributed by atoms with Crippen molar-refractivity contribution in [3.8, 4) is 0 Å². The summed E-state index contributed by atoms with van der Waals surface area (Å²) in [5.41, 5.74) is 10.7. The van der Waals surface area contributed by atoms with Crippen LogP contribution in [0.2, 0.25) is 0 Å². The smallest absolute Gasteiger partial charge is 0.321 e. The van der Waals surface area contributed by atoms with Gasteiger partial charge in [0, 0.05) is 39.0 Å². The van der Waals surface area contributed by atoms with Gasteiger partial charge in [0.1, 0.15) is 6.04 Å². The number of sulfonamides is 1. The number of hydrogen-bond donors (Lipinski definition) is 4. The SMILES string of the molecule is C.Cl.NC(N)=NCCC(=O)N1CCC2(CC1)CCN(C(=O)CC[C@H](NS(=O)(=O)c1ccccc1)C(=O)O)CC2. The lowest BCUT2D eigenvalue weighted by Crippen LogP contribution is -2.49. The minimum atomic E-state index is -4.02. The highest BCUT2D eigenvalue weighted by Gasteiger charge is 2.39. The largest absolute Gasteiger partial charge is 0.480 e. The number of nitrogens with zero attached hydrogens (tertiary/aromatic N) is 3. The second kappa shape index (κ2) is 15.0. The Balaban J connectivity index is 0.00000380. The van der Waals surface area contributed by atoms with Crippen molar-refractivity contribution in [2.24, 2.45) is 21.9 Å². The average Bonchev–Trinajstić information content (AvgIpc) is 2.87. The molecule has 2 fully saturated rings. The normalized spacial score (nSPS) is 17.3. The van der Waals surface area contributed by atoms with Crippen LogP contribution in [0.4, 0.5) is 0 Å². The van der Waals surface area contributed by atoms with Crippen molar-refractivity contribution in [1.29, 1.82) is 0 Å². The Morgan fingerprint density at radius 2 is 1.44 bits per heavy atom. The minimum Gasteiger partial charge on any atom is -0.480 e. The highest BCUT2D eigenvalue weighted by Crippen LogP contribution is 2.41. The van der Waals surface area contributed by atoms with Crippen LogP contribution >= 0.6 is 12.4 Å². The number of hydrogen-bond acceptors (Lipinski definition) is 6. The van der Waals surface area contributed by atoms with Crippen LogP contribution in [0.3, 0.4) is 0 Å². The fourth-order valence-electron chi connectivity index (χ4n) is 4.91. The van der Waals surface area contributed by atoms with Crippen LogP contribution in [0.1, 0.15) is 52.4 Å². The fraction of sp³-hybridized carbons (Fsp3) is 0.600. The number of aliphatic imine (C=N–C) groups is 1. The van der Waals surface area contributed by atoms with Gasteiger partial charge < -0.3 is 26.4 Å². The van der Waals surface area contributed by atoms with Crippen molar-refractivity contribution < 1.29 is 27.9 Å². The van der Waals surface area contributed by atoms with E-state index in [2.05, 4.69) is 9.71 Å². The third kappa shape index (κ3) is 9.66. The lowest BCUT2D eigenvalue weighted by molar-refractivity contribution is -0.139. The molecule has 6 N–H and O–H groups in total. The molecule has 2 aliphatic heterocycles. The van der Waals surface area contributed by atoms with Gasteiger partial charge in [-0.05, 0) is 49.7 Å². The van der Waals surface area contributed by atoms with Crippen LogP contribution in [-0.4, -0.2) is 85.8 Å². The Morgan fingerprint density at radius 3 is 1.90 bits per heavy atom. The Labute approximate surface area is 236 Å². The van der Waals surface area contributed by atoms with Gasteiger partial charge in [-0.2, -0.15) is 4.72 Å². The number of piperidine rings is 2. The highest BCUT2D eigenvalue weighted by atomic mass is 35.5. The molecule has 0 unspecified atom stereocenters. The molecule has 0 aromatic heterocycles. The summed E-state index contributed by atoms with van der Waals surface area (Å²) in [7, 11) is -4.02. The first-order valence-corrected chi connectivity index (χ1v) is 13.9. The Morgan fingerprint density at radius 1 is 0.949 bits per heavy atom. The van der Waals surface area contributed by atoms with E-state index in [1.165, 1.54) is 12.1 Å². The van der Waals surface area contributed by atoms with E-state index in [0.29, 0.717) is 26.2 Å². The summed E-state index contributed by atoms with van der Waals surface area (Å²) in [5, 5.41) is 9.51. The molecule has 1 aromatic rings. The molecule has 1 aromatic carbocycles. The van der Waals surface area contributed by atoms with E-state index in [4.69, 9.17) is 11.5 Å². The van der Waals surface area contributed by atoms with Crippen LogP contribution in [0, 0.1) is 5.41 Å². The molecule has 2 heterocycles. The second-order valence-electron chi connectivity index (χ2n) is 9.68. The van der Waals surface area contributed by atoms with Crippen LogP contribution in [-0.2, 0) is 24.4 Å². The van der Waals surface area contributed by atoms with Gasteiger partial charge in [0.2, 0.25) is 21.8 Å². The summed E-state index contributed by atoms with van der Waals surface area (Å²) in [5.74, 6) is -1.51. The average molecular weight is 589 g/mol. The summed E-state index contributed by atoms with van der Waals surface area (Å²) >= 11 is 0. The van der Waals surface area contributed by atoms with Crippen molar-refractivity contribution in [3.63, 3.8) is 0 Å². The zero-order chi connectivity index (χ0) is 27.1. The molecule has 2 amide bonds. The molecule has 0 radical (unpaired) electrons. The maximum atomic E-state index is 12.8. The van der Waals surface area contributed by atoms with E-state index in [1.807, 2.05) is 4.90 Å². The summed E-state index contributed by atoms with van der Waals surface area (Å²) in [6.45, 7) is 2.72. The van der Waals surface area contributed by atoms with Crippen LogP contribution in [0.15, 0.2) is 40.2 Å². The van der Waals surface area contributed by atoms with Gasteiger partial charge in [0.15, 0.2) is 5.96 Å². The molecule has 14 heteroatoms. The number of carboxylic acid groups (broad SMARTS) is 1. The lowest BCUT2D eigenvalue weighted by Gasteiger charge is -2.47. The van der Waals surface area contributed by atoms with Crippen molar-refractivity contribution in [2.75, 3.05) is 32.7 Å². The molecular weight excluding hydrogens is 548 g/mol. The number of rotatable bonds is 10. The zero-order valence-electron chi connectivity index (χ0n) is 21.3. The number of likely N-dealkylation sites (tertiary alicyclic amines) is 2. The monoisotopic (exact) mass is 588 g/mol. The lowest BCUT2D eigenvalue weighted by atomic mass is 9.71. The number of carboxylic acids is 1. The van der Waals surface area contributed by atoms with E-state index in [1.54, 1.807) is 23.1 Å². The molecule has 0 bridgehead atoms. The molecule has 1 atom stereocenters. The number of guanidine groups is 1. The number of halogens is 1. The number of carbonyl (C=O) groups excluding carboxylic acids is 2. The van der Waals surface area contributed by atoms with Gasteiger partial charge in [0.25, 0.3) is 0 Å². The molecule has 1 spiro atoms. The van der Waals surface area contributed by atoms with Crippen LogP contribution in [0.25, 0.3) is 0 Å². The van der Waals surface area contributed by atoms with Gasteiger partial charge in [-0.1, -0.05) is 25.6 Å². The van der Waals surface area contributed by atoms with E-state index < -0.39 is 22.0 Å².